The van der Waals surface area contributed by atoms with E-state index < -0.39 is 5.60 Å². The van der Waals surface area contributed by atoms with Crippen molar-refractivity contribution in [2.24, 2.45) is 5.92 Å². The van der Waals surface area contributed by atoms with Crippen LogP contribution in [0.3, 0.4) is 0 Å². The zero-order valence-electron chi connectivity index (χ0n) is 10.7. The number of hydrogen-bond acceptors (Lipinski definition) is 2. The fourth-order valence-corrected chi connectivity index (χ4v) is 3.29. The van der Waals surface area contributed by atoms with E-state index in [2.05, 4.69) is 12.2 Å². The molecule has 2 aliphatic carbocycles. The zero-order chi connectivity index (χ0) is 12.1. The molecule has 0 aliphatic heterocycles. The summed E-state index contributed by atoms with van der Waals surface area (Å²) in [5, 5.41) is 10.7. The second-order valence-corrected chi connectivity index (χ2v) is 5.62. The SMILES string of the molecule is O=C1CCCC/C=C\CC[C@@]2(O)CCCCC12. The van der Waals surface area contributed by atoms with Crippen LogP contribution in [0.2, 0.25) is 0 Å². The van der Waals surface area contributed by atoms with Crippen molar-refractivity contribution in [1.82, 2.24) is 0 Å². The highest BCUT2D eigenvalue weighted by Gasteiger charge is 2.41. The zero-order valence-corrected chi connectivity index (χ0v) is 10.7. The molecule has 0 saturated heterocycles. The van der Waals surface area contributed by atoms with E-state index in [0.717, 1.165) is 57.8 Å². The van der Waals surface area contributed by atoms with E-state index in [4.69, 9.17) is 0 Å². The van der Waals surface area contributed by atoms with Gasteiger partial charge >= 0.3 is 0 Å². The van der Waals surface area contributed by atoms with Crippen LogP contribution in [0, 0.1) is 5.92 Å². The van der Waals surface area contributed by atoms with E-state index in [1.807, 2.05) is 0 Å². The Balaban J connectivity index is 2.11. The molecule has 1 fully saturated rings. The van der Waals surface area contributed by atoms with E-state index in [9.17, 15) is 9.90 Å². The van der Waals surface area contributed by atoms with Gasteiger partial charge in [-0.1, -0.05) is 25.0 Å². The maximum absolute atomic E-state index is 12.2. The highest BCUT2D eigenvalue weighted by molar-refractivity contribution is 5.82. The van der Waals surface area contributed by atoms with Crippen LogP contribution in [0.5, 0.6) is 0 Å². The molecule has 2 nitrogen and oxygen atoms in total. The first-order valence-electron chi connectivity index (χ1n) is 7.12. The summed E-state index contributed by atoms with van der Waals surface area (Å²) in [6.07, 6.45) is 13.8. The maximum Gasteiger partial charge on any atom is 0.138 e. The van der Waals surface area contributed by atoms with Gasteiger partial charge in [0.25, 0.3) is 0 Å². The molecule has 96 valence electrons. The highest BCUT2D eigenvalue weighted by Crippen LogP contribution is 2.38. The van der Waals surface area contributed by atoms with E-state index in [0.29, 0.717) is 12.2 Å². The number of ketones is 1. The van der Waals surface area contributed by atoms with Gasteiger partial charge in [-0.15, -0.1) is 0 Å². The van der Waals surface area contributed by atoms with Crippen LogP contribution < -0.4 is 0 Å². The number of carbonyl (C=O) groups is 1. The molecule has 0 aromatic rings. The van der Waals surface area contributed by atoms with Gasteiger partial charge in [0.15, 0.2) is 0 Å². The van der Waals surface area contributed by atoms with Crippen molar-refractivity contribution in [2.75, 3.05) is 0 Å². The number of fused-ring (bicyclic) bond motifs is 1. The molecule has 2 atom stereocenters. The van der Waals surface area contributed by atoms with Gasteiger partial charge in [-0.05, 0) is 44.9 Å². The van der Waals surface area contributed by atoms with Crippen molar-refractivity contribution in [3.05, 3.63) is 12.2 Å². The highest BCUT2D eigenvalue weighted by atomic mass is 16.3. The molecule has 2 heteroatoms. The molecule has 0 spiro atoms. The number of aliphatic hydroxyl groups is 1. The monoisotopic (exact) mass is 236 g/mol. The third kappa shape index (κ3) is 3.19. The number of allylic oxidation sites excluding steroid dienone is 2. The van der Waals surface area contributed by atoms with Crippen molar-refractivity contribution < 1.29 is 9.90 Å². The lowest BCUT2D eigenvalue weighted by Gasteiger charge is -2.39. The average Bonchev–Trinajstić information content (AvgIpc) is 2.34. The first-order valence-corrected chi connectivity index (χ1v) is 7.12. The molecule has 0 heterocycles. The van der Waals surface area contributed by atoms with Gasteiger partial charge in [0.1, 0.15) is 5.78 Å². The van der Waals surface area contributed by atoms with Crippen LogP contribution >= 0.6 is 0 Å². The van der Waals surface area contributed by atoms with Crippen LogP contribution in [0.15, 0.2) is 12.2 Å². The molecule has 1 unspecified atom stereocenters. The summed E-state index contributed by atoms with van der Waals surface area (Å²) in [5.74, 6) is 0.233. The molecular formula is C15H24O2. The van der Waals surface area contributed by atoms with Crippen molar-refractivity contribution in [3.8, 4) is 0 Å². The molecule has 0 amide bonds. The van der Waals surface area contributed by atoms with Crippen LogP contribution in [0.1, 0.15) is 64.2 Å². The first kappa shape index (κ1) is 12.8. The largest absolute Gasteiger partial charge is 0.389 e. The van der Waals surface area contributed by atoms with Gasteiger partial charge in [-0.2, -0.15) is 0 Å². The summed E-state index contributed by atoms with van der Waals surface area (Å²) in [6, 6.07) is 0. The van der Waals surface area contributed by atoms with Crippen molar-refractivity contribution in [3.63, 3.8) is 0 Å². The Bertz CT molecular complexity index is 295. The minimum atomic E-state index is -0.704. The Morgan fingerprint density at radius 2 is 1.88 bits per heavy atom. The van der Waals surface area contributed by atoms with E-state index in [1.54, 1.807) is 0 Å². The standard InChI is InChI=1S/C15H24O2/c16-14-10-5-3-1-2-4-7-11-15(17)12-8-6-9-13(14)15/h2,4,13,17H,1,3,5-12H2/b4-2-/t13?,15-/m1/s1. The molecule has 0 aromatic heterocycles. The van der Waals surface area contributed by atoms with Crippen LogP contribution in [-0.2, 0) is 4.79 Å². The molecule has 0 aromatic carbocycles. The molecular weight excluding hydrogens is 212 g/mol. The molecule has 0 bridgehead atoms. The smallest absolute Gasteiger partial charge is 0.138 e. The molecule has 0 radical (unpaired) electrons. The van der Waals surface area contributed by atoms with Crippen molar-refractivity contribution in [1.29, 1.82) is 0 Å². The Morgan fingerprint density at radius 3 is 2.76 bits per heavy atom. The number of hydrogen-bond donors (Lipinski definition) is 1. The summed E-state index contributed by atoms with van der Waals surface area (Å²) in [7, 11) is 0. The van der Waals surface area contributed by atoms with E-state index >= 15 is 0 Å². The fraction of sp³-hybridized carbons (Fsp3) is 0.800. The summed E-state index contributed by atoms with van der Waals surface area (Å²) in [5.41, 5.74) is -0.704. The lowest BCUT2D eigenvalue weighted by Crippen LogP contribution is -2.44. The maximum atomic E-state index is 12.2. The Morgan fingerprint density at radius 1 is 1.06 bits per heavy atom. The Hall–Kier alpha value is -0.630. The second kappa shape index (κ2) is 5.81. The molecule has 17 heavy (non-hydrogen) atoms. The van der Waals surface area contributed by atoms with Gasteiger partial charge in [0, 0.05) is 12.3 Å². The second-order valence-electron chi connectivity index (χ2n) is 5.62. The van der Waals surface area contributed by atoms with Gasteiger partial charge in [0.05, 0.1) is 5.60 Å². The summed E-state index contributed by atoms with van der Waals surface area (Å²) in [6.45, 7) is 0. The van der Waals surface area contributed by atoms with Gasteiger partial charge in [-0.3, -0.25) is 4.79 Å². The third-order valence-corrected chi connectivity index (χ3v) is 4.34. The van der Waals surface area contributed by atoms with Crippen LogP contribution in [-0.4, -0.2) is 16.5 Å². The van der Waals surface area contributed by atoms with Crippen LogP contribution in [0.25, 0.3) is 0 Å². The van der Waals surface area contributed by atoms with Crippen LogP contribution in [0.4, 0.5) is 0 Å². The topological polar surface area (TPSA) is 37.3 Å². The minimum absolute atomic E-state index is 0.0808. The predicted octanol–water partition coefficient (Wildman–Crippen LogP) is 3.39. The van der Waals surface area contributed by atoms with E-state index in [1.165, 1.54) is 0 Å². The lowest BCUT2D eigenvalue weighted by molar-refractivity contribution is -0.137. The molecule has 2 rings (SSSR count). The first-order chi connectivity index (χ1) is 8.22. The molecule has 1 N–H and O–H groups in total. The number of Topliss-reactive ketones (excluding diaryl/α,β-unsaturated/α-hetero) is 1. The average molecular weight is 236 g/mol. The summed E-state index contributed by atoms with van der Waals surface area (Å²) < 4.78 is 0. The quantitative estimate of drug-likeness (QED) is 0.655. The molecule has 2 aliphatic rings. The van der Waals surface area contributed by atoms with Gasteiger partial charge < -0.3 is 5.11 Å². The minimum Gasteiger partial charge on any atom is -0.389 e. The lowest BCUT2D eigenvalue weighted by atomic mass is 9.70. The van der Waals surface area contributed by atoms with Gasteiger partial charge in [0.2, 0.25) is 0 Å². The van der Waals surface area contributed by atoms with Gasteiger partial charge in [-0.25, -0.2) is 0 Å². The Kier molecular flexibility index (Phi) is 4.38. The number of rotatable bonds is 0. The van der Waals surface area contributed by atoms with Crippen molar-refractivity contribution >= 4 is 5.78 Å². The summed E-state index contributed by atoms with van der Waals surface area (Å²) in [4.78, 5) is 12.2. The Labute approximate surface area is 104 Å². The molecule has 1 saturated carbocycles. The normalized spacial score (nSPS) is 37.9. The predicted molar refractivity (Wildman–Crippen MR) is 68.8 cm³/mol. The summed E-state index contributed by atoms with van der Waals surface area (Å²) >= 11 is 0. The van der Waals surface area contributed by atoms with E-state index in [-0.39, 0.29) is 5.92 Å². The number of carbonyl (C=O) groups excluding carboxylic acids is 1. The van der Waals surface area contributed by atoms with Crippen molar-refractivity contribution in [2.45, 2.75) is 69.8 Å². The third-order valence-electron chi connectivity index (χ3n) is 4.34. The fourth-order valence-electron chi connectivity index (χ4n) is 3.29.